The Balaban J connectivity index is 5.22. The van der Waals surface area contributed by atoms with Crippen LogP contribution in [0.25, 0.3) is 0 Å². The molecule has 0 aliphatic rings. The molecule has 3 N–H and O–H groups in total. The van der Waals surface area contributed by atoms with E-state index in [0.717, 1.165) is 102 Å². The molecule has 19 heteroatoms. The molecule has 0 saturated heterocycles. The quantitative estimate of drug-likeness (QED) is 0.0222. The molecule has 0 spiro atoms. The molecule has 0 aromatic heterocycles. The second-order valence-electron chi connectivity index (χ2n) is 26.8. The molecule has 0 bridgehead atoms. The van der Waals surface area contributed by atoms with Gasteiger partial charge in [0.05, 0.1) is 26.4 Å². The Bertz CT molecular complexity index is 1770. The zero-order valence-electron chi connectivity index (χ0n) is 58.6. The highest BCUT2D eigenvalue weighted by molar-refractivity contribution is 7.47. The van der Waals surface area contributed by atoms with Gasteiger partial charge in [-0.1, -0.05) is 305 Å². The Morgan fingerprint density at radius 1 is 0.322 bits per heavy atom. The van der Waals surface area contributed by atoms with Gasteiger partial charge in [-0.3, -0.25) is 37.3 Å². The van der Waals surface area contributed by atoms with Crippen LogP contribution >= 0.6 is 15.6 Å². The molecule has 0 aliphatic carbocycles. The average Bonchev–Trinajstić information content (AvgIpc) is 3.62. The number of phosphoric ester groups is 2. The summed E-state index contributed by atoms with van der Waals surface area (Å²) in [5, 5.41) is 10.6. The van der Waals surface area contributed by atoms with Crippen LogP contribution in [0.1, 0.15) is 357 Å². The third-order valence-corrected chi connectivity index (χ3v) is 18.6. The van der Waals surface area contributed by atoms with E-state index in [9.17, 15) is 43.2 Å². The summed E-state index contributed by atoms with van der Waals surface area (Å²) < 4.78 is 68.3. The van der Waals surface area contributed by atoms with Gasteiger partial charge in [-0.2, -0.15) is 0 Å². The molecule has 0 aliphatic heterocycles. The van der Waals surface area contributed by atoms with Crippen LogP contribution in [0, 0.1) is 17.8 Å². The van der Waals surface area contributed by atoms with Crippen molar-refractivity contribution in [2.24, 2.45) is 17.8 Å². The third-order valence-electron chi connectivity index (χ3n) is 16.7. The van der Waals surface area contributed by atoms with Crippen LogP contribution in [-0.4, -0.2) is 96.7 Å². The number of ether oxygens (including phenoxy) is 4. The number of carbonyl (C=O) groups is 4. The van der Waals surface area contributed by atoms with Crippen molar-refractivity contribution >= 4 is 39.5 Å². The molecule has 0 aromatic carbocycles. The molecule has 0 amide bonds. The van der Waals surface area contributed by atoms with E-state index in [0.29, 0.717) is 37.5 Å². The Hall–Kier alpha value is -1.94. The molecule has 3 unspecified atom stereocenters. The summed E-state index contributed by atoms with van der Waals surface area (Å²) in [6.07, 6.45) is 46.0. The van der Waals surface area contributed by atoms with E-state index in [1.165, 1.54) is 161 Å². The molecule has 6 atom stereocenters. The van der Waals surface area contributed by atoms with Crippen LogP contribution in [0.2, 0.25) is 0 Å². The van der Waals surface area contributed by atoms with Crippen LogP contribution in [-0.2, 0) is 65.4 Å². The monoisotopic (exact) mass is 1320 g/mol. The number of hydrogen-bond donors (Lipinski definition) is 3. The molecule has 0 radical (unpaired) electrons. The summed E-state index contributed by atoms with van der Waals surface area (Å²) in [7, 11) is -9.90. The van der Waals surface area contributed by atoms with Crippen molar-refractivity contribution in [3.05, 3.63) is 0 Å². The molecule has 534 valence electrons. The lowest BCUT2D eigenvalue weighted by Gasteiger charge is -2.21. The fraction of sp³-hybridized carbons (Fsp3) is 0.944. The number of rotatable bonds is 69. The number of carbonyl (C=O) groups excluding carboxylic acids is 4. The van der Waals surface area contributed by atoms with Crippen LogP contribution < -0.4 is 0 Å². The van der Waals surface area contributed by atoms with Crippen LogP contribution in [0.4, 0.5) is 0 Å². The second kappa shape index (κ2) is 61.9. The number of hydrogen-bond acceptors (Lipinski definition) is 15. The summed E-state index contributed by atoms with van der Waals surface area (Å²) in [4.78, 5) is 72.5. The average molecular weight is 1330 g/mol. The topological polar surface area (TPSA) is 237 Å². The van der Waals surface area contributed by atoms with Crippen molar-refractivity contribution < 1.29 is 80.2 Å². The Kier molecular flexibility index (Phi) is 60.6. The maximum absolute atomic E-state index is 13.0. The first-order chi connectivity index (χ1) is 43.3. The molecular formula is C71H138O17P2. The lowest BCUT2D eigenvalue weighted by molar-refractivity contribution is -0.161. The predicted octanol–water partition coefficient (Wildman–Crippen LogP) is 20.2. The lowest BCUT2D eigenvalue weighted by Crippen LogP contribution is -2.30. The minimum absolute atomic E-state index is 0.102. The molecule has 0 aromatic rings. The highest BCUT2D eigenvalue weighted by Gasteiger charge is 2.30. The first-order valence-electron chi connectivity index (χ1n) is 36.9. The number of esters is 4. The van der Waals surface area contributed by atoms with E-state index in [1.54, 1.807) is 0 Å². The van der Waals surface area contributed by atoms with Gasteiger partial charge >= 0.3 is 39.5 Å². The van der Waals surface area contributed by atoms with E-state index in [2.05, 4.69) is 48.5 Å². The van der Waals surface area contributed by atoms with Gasteiger partial charge in [-0.15, -0.1) is 0 Å². The minimum atomic E-state index is -4.95. The van der Waals surface area contributed by atoms with Crippen molar-refractivity contribution in [2.75, 3.05) is 39.6 Å². The zero-order valence-corrected chi connectivity index (χ0v) is 60.4. The normalized spacial score (nSPS) is 14.5. The van der Waals surface area contributed by atoms with Crippen molar-refractivity contribution in [1.82, 2.24) is 0 Å². The lowest BCUT2D eigenvalue weighted by atomic mass is 9.99. The van der Waals surface area contributed by atoms with Gasteiger partial charge < -0.3 is 33.8 Å². The Morgan fingerprint density at radius 3 is 0.844 bits per heavy atom. The van der Waals surface area contributed by atoms with Gasteiger partial charge in [0.1, 0.15) is 19.3 Å². The fourth-order valence-electron chi connectivity index (χ4n) is 10.7. The molecule has 0 saturated carbocycles. The SMILES string of the molecule is CCCCCCCCCCCCCCCCCCCCC(=O)O[C@H](COC(=O)CCCCCCCCCCC(C)CC)COP(=O)(O)OC[C@@H](O)COP(=O)(O)OC[C@@H](COC(=O)CCCCCCCCCC(C)C)OC(=O)CCCCCCCCCC(C)C. The van der Waals surface area contributed by atoms with Gasteiger partial charge in [-0.05, 0) is 43.4 Å². The molecule has 17 nitrogen and oxygen atoms in total. The number of phosphoric acid groups is 2. The van der Waals surface area contributed by atoms with E-state index in [4.69, 9.17) is 37.0 Å². The highest BCUT2D eigenvalue weighted by atomic mass is 31.2. The largest absolute Gasteiger partial charge is 0.472 e. The molecule has 90 heavy (non-hydrogen) atoms. The molecule has 0 fully saturated rings. The van der Waals surface area contributed by atoms with Crippen LogP contribution in [0.3, 0.4) is 0 Å². The minimum Gasteiger partial charge on any atom is -0.462 e. The van der Waals surface area contributed by atoms with Gasteiger partial charge in [-0.25, -0.2) is 9.13 Å². The van der Waals surface area contributed by atoms with E-state index < -0.39 is 97.5 Å². The van der Waals surface area contributed by atoms with Crippen molar-refractivity contribution in [3.63, 3.8) is 0 Å². The highest BCUT2D eigenvalue weighted by Crippen LogP contribution is 2.45. The fourth-order valence-corrected chi connectivity index (χ4v) is 12.3. The maximum Gasteiger partial charge on any atom is 0.472 e. The van der Waals surface area contributed by atoms with E-state index in [-0.39, 0.29) is 25.7 Å². The first kappa shape index (κ1) is 88.1. The van der Waals surface area contributed by atoms with Crippen LogP contribution in [0.5, 0.6) is 0 Å². The summed E-state index contributed by atoms with van der Waals surface area (Å²) in [6.45, 7) is 11.7. The Morgan fingerprint density at radius 2 is 0.567 bits per heavy atom. The predicted molar refractivity (Wildman–Crippen MR) is 363 cm³/mol. The zero-order chi connectivity index (χ0) is 66.6. The van der Waals surface area contributed by atoms with Gasteiger partial charge in [0.15, 0.2) is 12.2 Å². The summed E-state index contributed by atoms with van der Waals surface area (Å²) in [5.74, 6) is 0.0495. The van der Waals surface area contributed by atoms with Crippen molar-refractivity contribution in [2.45, 2.75) is 375 Å². The van der Waals surface area contributed by atoms with Crippen molar-refractivity contribution in [3.8, 4) is 0 Å². The summed E-state index contributed by atoms with van der Waals surface area (Å²) in [5.41, 5.74) is 0. The molecular weight excluding hydrogens is 1190 g/mol. The van der Waals surface area contributed by atoms with Crippen LogP contribution in [0.15, 0.2) is 0 Å². The number of aliphatic hydroxyl groups is 1. The Labute approximate surface area is 549 Å². The third kappa shape index (κ3) is 63.5. The van der Waals surface area contributed by atoms with E-state index >= 15 is 0 Å². The number of aliphatic hydroxyl groups excluding tert-OH is 1. The number of unbranched alkanes of at least 4 members (excludes halogenated alkanes) is 36. The molecule has 0 rings (SSSR count). The molecule has 0 heterocycles. The second-order valence-corrected chi connectivity index (χ2v) is 29.7. The van der Waals surface area contributed by atoms with Gasteiger partial charge in [0.25, 0.3) is 0 Å². The van der Waals surface area contributed by atoms with Gasteiger partial charge in [0, 0.05) is 25.7 Å². The standard InChI is InChI=1S/C71H138O17P2/c1-8-10-11-12-13-14-15-16-17-18-19-20-21-22-23-32-40-47-54-70(75)87-66(58-81-68(73)52-45-38-31-25-24-30-37-44-51-64(7)9-2)60-85-89(77,78)83-56-65(72)57-84-90(79,80)86-61-67(88-71(76)55-48-41-34-27-29-36-43-50-63(5)6)59-82-69(74)53-46-39-33-26-28-35-42-49-62(3)4/h62-67,72H,8-61H2,1-7H3,(H,77,78)(H,79,80)/t64?,65-,66-,67-/m1/s1. The van der Waals surface area contributed by atoms with Gasteiger partial charge in [0.2, 0.25) is 0 Å². The van der Waals surface area contributed by atoms with Crippen molar-refractivity contribution in [1.29, 1.82) is 0 Å². The first-order valence-corrected chi connectivity index (χ1v) is 39.9. The van der Waals surface area contributed by atoms with E-state index in [1.807, 2.05) is 0 Å². The summed E-state index contributed by atoms with van der Waals surface area (Å²) in [6, 6.07) is 0. The smallest absolute Gasteiger partial charge is 0.462 e. The maximum atomic E-state index is 13.0. The summed E-state index contributed by atoms with van der Waals surface area (Å²) >= 11 is 0.